The first-order valence-corrected chi connectivity index (χ1v) is 15.4. The lowest BCUT2D eigenvalue weighted by Crippen LogP contribution is -2.51. The highest BCUT2D eigenvalue weighted by molar-refractivity contribution is 9.10. The summed E-state index contributed by atoms with van der Waals surface area (Å²) in [5.41, 5.74) is 1.92. The number of methoxy groups -OCH3 is 1. The van der Waals surface area contributed by atoms with E-state index in [-0.39, 0.29) is 23.0 Å². The number of ether oxygens (including phenoxy) is 1. The van der Waals surface area contributed by atoms with Crippen LogP contribution in [0.4, 0.5) is 5.69 Å². The zero-order valence-electron chi connectivity index (χ0n) is 23.3. The Hall–Kier alpha value is -3.37. The number of carbonyl (C=O) groups excluding carboxylic acids is 2. The number of nitrogens with zero attached hydrogens (tertiary/aromatic N) is 2. The van der Waals surface area contributed by atoms with E-state index in [4.69, 9.17) is 4.74 Å². The summed E-state index contributed by atoms with van der Waals surface area (Å²) in [6.07, 6.45) is 1.73. The maximum absolute atomic E-state index is 14.0. The van der Waals surface area contributed by atoms with E-state index >= 15 is 0 Å². The quantitative estimate of drug-likeness (QED) is 0.259. The first-order chi connectivity index (χ1) is 19.1. The molecule has 3 aromatic rings. The van der Waals surface area contributed by atoms with Crippen LogP contribution < -0.4 is 14.4 Å². The zero-order valence-corrected chi connectivity index (χ0v) is 25.7. The van der Waals surface area contributed by atoms with E-state index in [1.165, 1.54) is 24.1 Å². The van der Waals surface area contributed by atoms with E-state index in [0.29, 0.717) is 12.3 Å². The van der Waals surface area contributed by atoms with Crippen molar-refractivity contribution < 1.29 is 22.7 Å². The van der Waals surface area contributed by atoms with Gasteiger partial charge < -0.3 is 15.0 Å². The zero-order chi connectivity index (χ0) is 29.3. The first-order valence-electron chi connectivity index (χ1n) is 13.1. The number of nitrogens with one attached hydrogen (secondary N) is 1. The van der Waals surface area contributed by atoms with Crippen molar-refractivity contribution in [2.75, 3.05) is 24.5 Å². The van der Waals surface area contributed by atoms with E-state index < -0.39 is 28.5 Å². The second-order valence-electron chi connectivity index (χ2n) is 9.47. The van der Waals surface area contributed by atoms with Gasteiger partial charge in [0.1, 0.15) is 18.3 Å². The molecule has 0 heterocycles. The average molecular weight is 631 g/mol. The molecule has 0 aliphatic rings. The molecule has 40 heavy (non-hydrogen) atoms. The van der Waals surface area contributed by atoms with Gasteiger partial charge in [-0.1, -0.05) is 71.2 Å². The van der Waals surface area contributed by atoms with Crippen molar-refractivity contribution in [1.82, 2.24) is 10.2 Å². The van der Waals surface area contributed by atoms with Crippen molar-refractivity contribution in [3.8, 4) is 5.75 Å². The number of unbranched alkanes of at least 4 members (excludes halogenated alkanes) is 1. The SMILES string of the molecule is CCCCNC(=O)C(C)N(Cc1cccc(Br)c1)C(=O)CN(c1ccccc1OC)S(=O)(=O)c1ccc(C)cc1. The van der Waals surface area contributed by atoms with Gasteiger partial charge >= 0.3 is 0 Å². The second-order valence-corrected chi connectivity index (χ2v) is 12.2. The lowest BCUT2D eigenvalue weighted by Gasteiger charge is -2.32. The summed E-state index contributed by atoms with van der Waals surface area (Å²) in [6.45, 7) is 5.62. The summed E-state index contributed by atoms with van der Waals surface area (Å²) < 4.78 is 35.3. The van der Waals surface area contributed by atoms with Gasteiger partial charge in [-0.2, -0.15) is 0 Å². The number of sulfonamides is 1. The Balaban J connectivity index is 2.04. The Morgan fingerprint density at radius 3 is 2.38 bits per heavy atom. The minimum atomic E-state index is -4.18. The van der Waals surface area contributed by atoms with Crippen molar-refractivity contribution in [1.29, 1.82) is 0 Å². The van der Waals surface area contributed by atoms with Crippen LogP contribution in [0.5, 0.6) is 5.75 Å². The van der Waals surface area contributed by atoms with Crippen LogP contribution in [0, 0.1) is 6.92 Å². The fraction of sp³-hybridized carbons (Fsp3) is 0.333. The number of anilines is 1. The summed E-state index contributed by atoms with van der Waals surface area (Å²) in [5.74, 6) is -0.531. The number of hydrogen-bond donors (Lipinski definition) is 1. The normalized spacial score (nSPS) is 11.9. The van der Waals surface area contributed by atoms with Crippen LogP contribution in [0.2, 0.25) is 0 Å². The van der Waals surface area contributed by atoms with Gasteiger partial charge in [-0.15, -0.1) is 0 Å². The third-order valence-electron chi connectivity index (χ3n) is 6.48. The van der Waals surface area contributed by atoms with Gasteiger partial charge in [0.05, 0.1) is 17.7 Å². The molecule has 1 atom stereocenters. The molecular weight excluding hydrogens is 594 g/mol. The van der Waals surface area contributed by atoms with Crippen molar-refractivity contribution >= 4 is 43.5 Å². The third kappa shape index (κ3) is 7.85. The molecular formula is C30H36BrN3O5S. The molecule has 2 amide bonds. The maximum Gasteiger partial charge on any atom is 0.264 e. The van der Waals surface area contributed by atoms with Crippen molar-refractivity contribution in [2.45, 2.75) is 51.1 Å². The van der Waals surface area contributed by atoms with Gasteiger partial charge in [0.15, 0.2) is 0 Å². The Bertz CT molecular complexity index is 1410. The van der Waals surface area contributed by atoms with E-state index in [2.05, 4.69) is 21.2 Å². The molecule has 0 aliphatic heterocycles. The van der Waals surface area contributed by atoms with E-state index in [1.807, 2.05) is 38.1 Å². The molecule has 0 aliphatic carbocycles. The number of halogens is 1. The number of carbonyl (C=O) groups is 2. The summed E-state index contributed by atoms with van der Waals surface area (Å²) >= 11 is 3.46. The molecule has 1 N–H and O–H groups in total. The van der Waals surface area contributed by atoms with Gasteiger partial charge in [0.25, 0.3) is 10.0 Å². The number of rotatable bonds is 13. The number of hydrogen-bond acceptors (Lipinski definition) is 5. The van der Waals surface area contributed by atoms with Crippen LogP contribution >= 0.6 is 15.9 Å². The van der Waals surface area contributed by atoms with E-state index in [1.54, 1.807) is 43.3 Å². The Morgan fingerprint density at radius 1 is 1.02 bits per heavy atom. The van der Waals surface area contributed by atoms with Gasteiger partial charge in [0.2, 0.25) is 11.8 Å². The number of benzene rings is 3. The van der Waals surface area contributed by atoms with E-state index in [9.17, 15) is 18.0 Å². The molecule has 1 unspecified atom stereocenters. The topological polar surface area (TPSA) is 96.0 Å². The highest BCUT2D eigenvalue weighted by atomic mass is 79.9. The maximum atomic E-state index is 14.0. The van der Waals surface area contributed by atoms with Crippen LogP contribution in [0.3, 0.4) is 0 Å². The predicted octanol–water partition coefficient (Wildman–Crippen LogP) is 5.30. The standard InChI is InChI=1S/C30H36BrN3O5S/c1-5-6-18-32-30(36)23(3)33(20-24-10-9-11-25(31)19-24)29(35)21-34(27-12-7-8-13-28(27)39-4)40(37,38)26-16-14-22(2)15-17-26/h7-17,19,23H,5-6,18,20-21H2,1-4H3,(H,32,36). The molecule has 0 radical (unpaired) electrons. The van der Waals surface area contributed by atoms with Gasteiger partial charge in [0, 0.05) is 17.6 Å². The molecule has 8 nitrogen and oxygen atoms in total. The minimum Gasteiger partial charge on any atom is -0.495 e. The highest BCUT2D eigenvalue weighted by Gasteiger charge is 2.33. The highest BCUT2D eigenvalue weighted by Crippen LogP contribution is 2.32. The summed E-state index contributed by atoms with van der Waals surface area (Å²) in [6, 6.07) is 19.7. The number of amides is 2. The first kappa shape index (κ1) is 31.2. The number of aryl methyl sites for hydroxylation is 1. The van der Waals surface area contributed by atoms with Crippen LogP contribution in [0.25, 0.3) is 0 Å². The average Bonchev–Trinajstić information content (AvgIpc) is 2.94. The van der Waals surface area contributed by atoms with Crippen LogP contribution in [-0.2, 0) is 26.2 Å². The molecule has 0 spiro atoms. The monoisotopic (exact) mass is 629 g/mol. The summed E-state index contributed by atoms with van der Waals surface area (Å²) in [4.78, 5) is 28.5. The largest absolute Gasteiger partial charge is 0.495 e. The lowest BCUT2D eigenvalue weighted by molar-refractivity contribution is -0.139. The van der Waals surface area contributed by atoms with E-state index in [0.717, 1.165) is 32.7 Å². The van der Waals surface area contributed by atoms with Crippen LogP contribution in [-0.4, -0.2) is 51.4 Å². The Morgan fingerprint density at radius 2 is 1.73 bits per heavy atom. The third-order valence-corrected chi connectivity index (χ3v) is 8.75. The van der Waals surface area contributed by atoms with Crippen molar-refractivity contribution in [3.63, 3.8) is 0 Å². The van der Waals surface area contributed by atoms with Crippen molar-refractivity contribution in [3.05, 3.63) is 88.4 Å². The second kappa shape index (κ2) is 14.3. The molecule has 3 rings (SSSR count). The summed E-state index contributed by atoms with van der Waals surface area (Å²) in [5, 5.41) is 2.89. The van der Waals surface area contributed by atoms with Gasteiger partial charge in [-0.05, 0) is 62.2 Å². The van der Waals surface area contributed by atoms with Crippen molar-refractivity contribution in [2.24, 2.45) is 0 Å². The molecule has 3 aromatic carbocycles. The molecule has 0 bridgehead atoms. The fourth-order valence-corrected chi connectivity index (χ4v) is 6.01. The fourth-order valence-electron chi connectivity index (χ4n) is 4.14. The van der Waals surface area contributed by atoms with Crippen LogP contribution in [0.1, 0.15) is 37.8 Å². The molecule has 10 heteroatoms. The molecule has 0 aromatic heterocycles. The Labute approximate surface area is 245 Å². The molecule has 214 valence electrons. The molecule has 0 fully saturated rings. The Kier molecular flexibility index (Phi) is 11.2. The predicted molar refractivity (Wildman–Crippen MR) is 161 cm³/mol. The molecule has 0 saturated carbocycles. The van der Waals surface area contributed by atoms with Gasteiger partial charge in [-0.25, -0.2) is 8.42 Å². The smallest absolute Gasteiger partial charge is 0.264 e. The van der Waals surface area contributed by atoms with Crippen LogP contribution in [0.15, 0.2) is 82.2 Å². The molecule has 0 saturated heterocycles. The minimum absolute atomic E-state index is 0.0423. The number of para-hydroxylation sites is 2. The van der Waals surface area contributed by atoms with Gasteiger partial charge in [-0.3, -0.25) is 13.9 Å². The lowest BCUT2D eigenvalue weighted by atomic mass is 10.1. The summed E-state index contributed by atoms with van der Waals surface area (Å²) in [7, 11) is -2.73.